The summed E-state index contributed by atoms with van der Waals surface area (Å²) in [7, 11) is 0. The lowest BCUT2D eigenvalue weighted by atomic mass is 10.1. The van der Waals surface area contributed by atoms with Crippen LogP contribution in [0.3, 0.4) is 0 Å². The van der Waals surface area contributed by atoms with Gasteiger partial charge in [-0.25, -0.2) is 4.79 Å². The number of amides is 1. The Labute approximate surface area is 131 Å². The second-order valence-corrected chi connectivity index (χ2v) is 7.10. The molecule has 2 heterocycles. The number of hydrogen-bond donors (Lipinski definition) is 1. The SMILES string of the molecule is CCOC(=O)[C@H]1N[C@@H]1[C@@H]1COC(C)(C)N1C(=O)OC(C)(C)C. The number of hydrogen-bond acceptors (Lipinski definition) is 6. The first-order valence-electron chi connectivity index (χ1n) is 7.66. The monoisotopic (exact) mass is 314 g/mol. The Morgan fingerprint density at radius 3 is 2.55 bits per heavy atom. The summed E-state index contributed by atoms with van der Waals surface area (Å²) < 4.78 is 16.2. The van der Waals surface area contributed by atoms with E-state index in [0.717, 1.165) is 0 Å². The lowest BCUT2D eigenvalue weighted by molar-refractivity contribution is -0.142. The molecule has 0 aromatic rings. The third-order valence-corrected chi connectivity index (χ3v) is 3.69. The van der Waals surface area contributed by atoms with Crippen LogP contribution in [-0.4, -0.2) is 59.6 Å². The van der Waals surface area contributed by atoms with Gasteiger partial charge in [-0.3, -0.25) is 15.0 Å². The van der Waals surface area contributed by atoms with Gasteiger partial charge in [0.05, 0.1) is 25.3 Å². The quantitative estimate of drug-likeness (QED) is 0.623. The topological polar surface area (TPSA) is 87.0 Å². The van der Waals surface area contributed by atoms with E-state index in [2.05, 4.69) is 5.32 Å². The van der Waals surface area contributed by atoms with E-state index in [0.29, 0.717) is 13.2 Å². The molecule has 126 valence electrons. The van der Waals surface area contributed by atoms with Crippen molar-refractivity contribution in [2.24, 2.45) is 0 Å². The number of ether oxygens (including phenoxy) is 3. The standard InChI is InChI=1S/C15H26N2O5/c1-7-20-12(18)11-10(16-11)9-8-21-15(5,6)17(9)13(19)22-14(2,3)4/h9-11,16H,7-8H2,1-6H3/t9-,10+,11-/m0/s1. The zero-order valence-corrected chi connectivity index (χ0v) is 14.1. The van der Waals surface area contributed by atoms with Crippen LogP contribution in [0.1, 0.15) is 41.5 Å². The van der Waals surface area contributed by atoms with Crippen LogP contribution in [0, 0.1) is 0 Å². The molecule has 0 spiro atoms. The van der Waals surface area contributed by atoms with Crippen molar-refractivity contribution >= 4 is 12.1 Å². The number of nitrogens with zero attached hydrogens (tertiary/aromatic N) is 1. The Hall–Kier alpha value is -1.34. The van der Waals surface area contributed by atoms with Crippen molar-refractivity contribution < 1.29 is 23.8 Å². The summed E-state index contributed by atoms with van der Waals surface area (Å²) in [5, 5.41) is 3.08. The molecule has 22 heavy (non-hydrogen) atoms. The van der Waals surface area contributed by atoms with Gasteiger partial charge in [0.1, 0.15) is 17.4 Å². The van der Waals surface area contributed by atoms with E-state index in [-0.39, 0.29) is 24.1 Å². The lowest BCUT2D eigenvalue weighted by Gasteiger charge is -2.35. The van der Waals surface area contributed by atoms with Crippen molar-refractivity contribution in [2.75, 3.05) is 13.2 Å². The molecule has 0 bridgehead atoms. The summed E-state index contributed by atoms with van der Waals surface area (Å²) in [6.45, 7) is 11.6. The minimum atomic E-state index is -0.767. The maximum atomic E-state index is 12.5. The highest BCUT2D eigenvalue weighted by Crippen LogP contribution is 2.35. The molecule has 2 aliphatic rings. The highest BCUT2D eigenvalue weighted by Gasteiger charge is 2.57. The van der Waals surface area contributed by atoms with Crippen LogP contribution < -0.4 is 5.32 Å². The fraction of sp³-hybridized carbons (Fsp3) is 0.867. The summed E-state index contributed by atoms with van der Waals surface area (Å²) in [5.74, 6) is -0.290. The van der Waals surface area contributed by atoms with Gasteiger partial charge in [0.2, 0.25) is 0 Å². The van der Waals surface area contributed by atoms with Gasteiger partial charge in [0, 0.05) is 0 Å². The lowest BCUT2D eigenvalue weighted by Crippen LogP contribution is -2.52. The molecule has 0 aliphatic carbocycles. The van der Waals surface area contributed by atoms with Crippen LogP contribution in [0.4, 0.5) is 4.79 Å². The second-order valence-electron chi connectivity index (χ2n) is 7.10. The predicted molar refractivity (Wildman–Crippen MR) is 79.2 cm³/mol. The van der Waals surface area contributed by atoms with Gasteiger partial charge >= 0.3 is 12.1 Å². The Balaban J connectivity index is 2.08. The van der Waals surface area contributed by atoms with Crippen LogP contribution >= 0.6 is 0 Å². The van der Waals surface area contributed by atoms with Gasteiger partial charge in [-0.1, -0.05) is 0 Å². The number of carbonyl (C=O) groups excluding carboxylic acids is 2. The van der Waals surface area contributed by atoms with Gasteiger partial charge in [-0.05, 0) is 41.5 Å². The molecule has 2 aliphatic heterocycles. The molecule has 7 nitrogen and oxygen atoms in total. The molecule has 2 saturated heterocycles. The molecule has 7 heteroatoms. The zero-order chi connectivity index (χ0) is 16.7. The van der Waals surface area contributed by atoms with Gasteiger partial charge in [0.15, 0.2) is 0 Å². The van der Waals surface area contributed by atoms with Crippen LogP contribution in [-0.2, 0) is 19.0 Å². The Bertz CT molecular complexity index is 457. The molecule has 0 saturated carbocycles. The highest BCUT2D eigenvalue weighted by atomic mass is 16.6. The van der Waals surface area contributed by atoms with E-state index >= 15 is 0 Å². The minimum absolute atomic E-state index is 0.159. The van der Waals surface area contributed by atoms with Crippen molar-refractivity contribution in [1.82, 2.24) is 10.2 Å². The number of carbonyl (C=O) groups is 2. The average Bonchev–Trinajstić information content (AvgIpc) is 3.06. The summed E-state index contributed by atoms with van der Waals surface area (Å²) in [6.07, 6.45) is -0.434. The van der Waals surface area contributed by atoms with Gasteiger partial charge in [0.25, 0.3) is 0 Å². The largest absolute Gasteiger partial charge is 0.465 e. The van der Waals surface area contributed by atoms with E-state index in [1.165, 1.54) is 0 Å². The fourth-order valence-electron chi connectivity index (χ4n) is 2.70. The molecular weight excluding hydrogens is 288 g/mol. The van der Waals surface area contributed by atoms with Gasteiger partial charge in [-0.2, -0.15) is 0 Å². The highest BCUT2D eigenvalue weighted by molar-refractivity contribution is 5.81. The first kappa shape index (κ1) is 17.0. The fourth-order valence-corrected chi connectivity index (χ4v) is 2.70. The molecule has 2 rings (SSSR count). The molecule has 1 amide bonds. The first-order valence-corrected chi connectivity index (χ1v) is 7.66. The summed E-state index contributed by atoms with van der Waals surface area (Å²) in [4.78, 5) is 25.9. The molecule has 0 aromatic carbocycles. The van der Waals surface area contributed by atoms with Crippen LogP contribution in [0.2, 0.25) is 0 Å². The molecule has 3 atom stereocenters. The minimum Gasteiger partial charge on any atom is -0.465 e. The summed E-state index contributed by atoms with van der Waals surface area (Å²) >= 11 is 0. The molecular formula is C15H26N2O5. The third kappa shape index (κ3) is 3.52. The third-order valence-electron chi connectivity index (χ3n) is 3.69. The van der Waals surface area contributed by atoms with Gasteiger partial charge < -0.3 is 14.2 Å². The maximum absolute atomic E-state index is 12.5. The summed E-state index contributed by atoms with van der Waals surface area (Å²) in [5.41, 5.74) is -1.35. The predicted octanol–water partition coefficient (Wildman–Crippen LogP) is 1.26. The van der Waals surface area contributed by atoms with E-state index in [1.54, 1.807) is 11.8 Å². The molecule has 0 radical (unpaired) electrons. The Kier molecular flexibility index (Phi) is 4.41. The summed E-state index contributed by atoms with van der Waals surface area (Å²) in [6, 6.07) is -0.792. The van der Waals surface area contributed by atoms with Crippen LogP contribution in [0.5, 0.6) is 0 Å². The normalized spacial score (nSPS) is 30.1. The number of nitrogens with one attached hydrogen (secondary N) is 1. The second kappa shape index (κ2) is 5.70. The van der Waals surface area contributed by atoms with Crippen molar-refractivity contribution in [3.63, 3.8) is 0 Å². The Morgan fingerprint density at radius 2 is 2.00 bits per heavy atom. The molecule has 0 unspecified atom stereocenters. The first-order chi connectivity index (χ1) is 10.1. The zero-order valence-electron chi connectivity index (χ0n) is 14.1. The van der Waals surface area contributed by atoms with Crippen molar-refractivity contribution in [3.05, 3.63) is 0 Å². The molecule has 2 fully saturated rings. The van der Waals surface area contributed by atoms with E-state index in [1.807, 2.05) is 34.6 Å². The van der Waals surface area contributed by atoms with Crippen molar-refractivity contribution in [2.45, 2.75) is 71.0 Å². The van der Waals surface area contributed by atoms with Crippen LogP contribution in [0.15, 0.2) is 0 Å². The van der Waals surface area contributed by atoms with E-state index < -0.39 is 17.4 Å². The van der Waals surface area contributed by atoms with E-state index in [9.17, 15) is 9.59 Å². The smallest absolute Gasteiger partial charge is 0.412 e. The van der Waals surface area contributed by atoms with Gasteiger partial charge in [-0.15, -0.1) is 0 Å². The molecule has 0 aromatic heterocycles. The van der Waals surface area contributed by atoms with Crippen molar-refractivity contribution in [1.29, 1.82) is 0 Å². The average molecular weight is 314 g/mol. The van der Waals surface area contributed by atoms with Crippen LogP contribution in [0.25, 0.3) is 0 Å². The molecule has 1 N–H and O–H groups in total. The van der Waals surface area contributed by atoms with E-state index in [4.69, 9.17) is 14.2 Å². The number of esters is 1. The maximum Gasteiger partial charge on any atom is 0.412 e. The van der Waals surface area contributed by atoms with Crippen molar-refractivity contribution in [3.8, 4) is 0 Å². The Morgan fingerprint density at radius 1 is 1.36 bits per heavy atom. The number of rotatable bonds is 3.